The van der Waals surface area contributed by atoms with Gasteiger partial charge in [-0.05, 0) is 49.7 Å². The molecule has 0 aromatic carbocycles. The molecule has 1 N–H and O–H groups in total. The lowest BCUT2D eigenvalue weighted by atomic mass is 10.0. The summed E-state index contributed by atoms with van der Waals surface area (Å²) in [4.78, 5) is 30.0. The van der Waals surface area contributed by atoms with Crippen LogP contribution in [0.4, 0.5) is 9.59 Å². The SMILES string of the molecule is CN1C(=O)OCC(C)(c2cc(Br)cs2)N/C1=N\C(=O)OC(C)(C)C. The topological polar surface area (TPSA) is 80.2 Å². The minimum absolute atomic E-state index is 0.0822. The molecule has 1 aliphatic rings. The Hall–Kier alpha value is -1.61. The third-order valence-electron chi connectivity index (χ3n) is 3.17. The fraction of sp³-hybridized carbons (Fsp3) is 0.533. The van der Waals surface area contributed by atoms with Gasteiger partial charge in [0.1, 0.15) is 17.7 Å². The summed E-state index contributed by atoms with van der Waals surface area (Å²) in [6.45, 7) is 7.23. The molecular formula is C15H20BrN3O4S. The maximum Gasteiger partial charge on any atom is 0.437 e. The largest absolute Gasteiger partial charge is 0.446 e. The maximum absolute atomic E-state index is 12.0. The summed E-state index contributed by atoms with van der Waals surface area (Å²) >= 11 is 4.92. The van der Waals surface area contributed by atoms with E-state index in [0.717, 1.165) is 14.2 Å². The number of hydrogen-bond acceptors (Lipinski definition) is 5. The van der Waals surface area contributed by atoms with Gasteiger partial charge in [0.05, 0.1) is 0 Å². The van der Waals surface area contributed by atoms with Gasteiger partial charge in [-0.3, -0.25) is 4.90 Å². The lowest BCUT2D eigenvalue weighted by Crippen LogP contribution is -2.49. The number of nitrogens with zero attached hydrogens (tertiary/aromatic N) is 2. The number of rotatable bonds is 1. The minimum atomic E-state index is -0.777. The molecule has 1 aromatic heterocycles. The van der Waals surface area contributed by atoms with Crippen molar-refractivity contribution in [2.75, 3.05) is 13.7 Å². The van der Waals surface area contributed by atoms with Crippen molar-refractivity contribution < 1.29 is 19.1 Å². The Labute approximate surface area is 153 Å². The molecule has 1 aromatic rings. The van der Waals surface area contributed by atoms with Crippen molar-refractivity contribution in [1.82, 2.24) is 10.2 Å². The molecular weight excluding hydrogens is 398 g/mol. The molecule has 7 nitrogen and oxygen atoms in total. The van der Waals surface area contributed by atoms with Crippen LogP contribution in [-0.2, 0) is 15.0 Å². The van der Waals surface area contributed by atoms with Gasteiger partial charge >= 0.3 is 12.2 Å². The molecule has 0 bridgehead atoms. The van der Waals surface area contributed by atoms with Gasteiger partial charge < -0.3 is 14.8 Å². The van der Waals surface area contributed by atoms with E-state index < -0.39 is 23.3 Å². The van der Waals surface area contributed by atoms with E-state index in [1.54, 1.807) is 20.8 Å². The highest BCUT2D eigenvalue weighted by Crippen LogP contribution is 2.31. The average molecular weight is 418 g/mol. The van der Waals surface area contributed by atoms with Crippen molar-refractivity contribution in [1.29, 1.82) is 0 Å². The predicted molar refractivity (Wildman–Crippen MR) is 95.3 cm³/mol. The molecule has 24 heavy (non-hydrogen) atoms. The van der Waals surface area contributed by atoms with Crippen molar-refractivity contribution in [2.45, 2.75) is 38.8 Å². The summed E-state index contributed by atoms with van der Waals surface area (Å²) < 4.78 is 11.4. The van der Waals surface area contributed by atoms with Crippen LogP contribution in [0, 0.1) is 0 Å². The Morgan fingerprint density at radius 1 is 1.54 bits per heavy atom. The van der Waals surface area contributed by atoms with Gasteiger partial charge in [-0.2, -0.15) is 0 Å². The minimum Gasteiger partial charge on any atom is -0.446 e. The summed E-state index contributed by atoms with van der Waals surface area (Å²) in [5.74, 6) is 0.0822. The Kier molecular flexibility index (Phi) is 5.24. The van der Waals surface area contributed by atoms with Crippen LogP contribution in [0.2, 0.25) is 0 Å². The number of guanidine groups is 1. The summed E-state index contributed by atoms with van der Waals surface area (Å²) in [7, 11) is 1.48. The van der Waals surface area contributed by atoms with E-state index in [-0.39, 0.29) is 12.6 Å². The van der Waals surface area contributed by atoms with Gasteiger partial charge in [0.25, 0.3) is 0 Å². The third-order valence-corrected chi connectivity index (χ3v) is 5.12. The van der Waals surface area contributed by atoms with Crippen molar-refractivity contribution in [3.8, 4) is 0 Å². The third kappa shape index (κ3) is 4.47. The van der Waals surface area contributed by atoms with Crippen molar-refractivity contribution in [2.24, 2.45) is 4.99 Å². The number of thiophene rings is 1. The quantitative estimate of drug-likeness (QED) is 0.753. The number of ether oxygens (including phenoxy) is 2. The highest BCUT2D eigenvalue weighted by molar-refractivity contribution is 9.10. The summed E-state index contributed by atoms with van der Waals surface area (Å²) in [6, 6.07) is 1.93. The molecule has 0 spiro atoms. The molecule has 132 valence electrons. The highest BCUT2D eigenvalue weighted by Gasteiger charge is 2.37. The molecule has 1 aliphatic heterocycles. The first kappa shape index (κ1) is 18.7. The number of amides is 2. The Balaban J connectivity index is 2.34. The fourth-order valence-electron chi connectivity index (χ4n) is 1.97. The molecule has 1 atom stereocenters. The summed E-state index contributed by atoms with van der Waals surface area (Å²) in [6.07, 6.45) is -1.37. The van der Waals surface area contributed by atoms with Crippen molar-refractivity contribution in [3.05, 3.63) is 20.8 Å². The fourth-order valence-corrected chi connectivity index (χ4v) is 3.50. The Bertz CT molecular complexity index is 683. The zero-order valence-corrected chi connectivity index (χ0v) is 16.6. The number of carbonyl (C=O) groups is 2. The molecule has 1 saturated heterocycles. The standard InChI is InChI=1S/C15H20BrN3O4S/c1-14(2,3)23-12(20)17-11-18-15(4,8-22-13(21)19(11)5)10-6-9(16)7-24-10/h6-7H,8H2,1-5H3,(H,17,18,20). The molecule has 0 aliphatic carbocycles. The van der Waals surface area contributed by atoms with Gasteiger partial charge in [-0.15, -0.1) is 16.3 Å². The Morgan fingerprint density at radius 2 is 2.21 bits per heavy atom. The van der Waals surface area contributed by atoms with Gasteiger partial charge in [0.15, 0.2) is 0 Å². The smallest absolute Gasteiger partial charge is 0.437 e. The first-order chi connectivity index (χ1) is 11.0. The molecule has 0 saturated carbocycles. The molecule has 1 fully saturated rings. The summed E-state index contributed by atoms with van der Waals surface area (Å²) in [5.41, 5.74) is -1.38. The first-order valence-corrected chi connectivity index (χ1v) is 8.92. The molecule has 2 amide bonds. The number of cyclic esters (lactones) is 1. The van der Waals surface area contributed by atoms with Crippen LogP contribution in [-0.4, -0.2) is 42.3 Å². The van der Waals surface area contributed by atoms with Crippen LogP contribution in [0.5, 0.6) is 0 Å². The lowest BCUT2D eigenvalue weighted by Gasteiger charge is -2.28. The molecule has 0 radical (unpaired) electrons. The summed E-state index contributed by atoms with van der Waals surface area (Å²) in [5, 5.41) is 5.07. The molecule has 9 heteroatoms. The number of carbonyl (C=O) groups excluding carboxylic acids is 2. The average Bonchev–Trinajstić information content (AvgIpc) is 2.84. The predicted octanol–water partition coefficient (Wildman–Crippen LogP) is 3.69. The van der Waals surface area contributed by atoms with Crippen molar-refractivity contribution >= 4 is 45.4 Å². The van der Waals surface area contributed by atoms with Crippen LogP contribution in [0.15, 0.2) is 20.9 Å². The van der Waals surface area contributed by atoms with E-state index in [0.29, 0.717) is 0 Å². The second-order valence-corrected chi connectivity index (χ2v) is 8.44. The molecule has 2 heterocycles. The van der Waals surface area contributed by atoms with E-state index in [1.807, 2.05) is 18.4 Å². The van der Waals surface area contributed by atoms with E-state index in [2.05, 4.69) is 26.2 Å². The number of halogens is 1. The van der Waals surface area contributed by atoms with E-state index in [9.17, 15) is 9.59 Å². The Morgan fingerprint density at radius 3 is 2.75 bits per heavy atom. The number of aliphatic imine (C=N–C) groups is 1. The van der Waals surface area contributed by atoms with E-state index in [4.69, 9.17) is 9.47 Å². The van der Waals surface area contributed by atoms with E-state index >= 15 is 0 Å². The molecule has 1 unspecified atom stereocenters. The monoisotopic (exact) mass is 417 g/mol. The van der Waals surface area contributed by atoms with Gasteiger partial charge in [-0.1, -0.05) is 0 Å². The van der Waals surface area contributed by atoms with Crippen LogP contribution in [0.25, 0.3) is 0 Å². The molecule has 2 rings (SSSR count). The number of hydrogen-bond donors (Lipinski definition) is 1. The van der Waals surface area contributed by atoms with Crippen LogP contribution in [0.1, 0.15) is 32.6 Å². The second-order valence-electron chi connectivity index (χ2n) is 6.62. The first-order valence-electron chi connectivity index (χ1n) is 7.25. The maximum atomic E-state index is 12.0. The zero-order valence-electron chi connectivity index (χ0n) is 14.2. The van der Waals surface area contributed by atoms with E-state index in [1.165, 1.54) is 18.4 Å². The zero-order chi connectivity index (χ0) is 18.1. The van der Waals surface area contributed by atoms with Crippen LogP contribution < -0.4 is 5.32 Å². The van der Waals surface area contributed by atoms with Gasteiger partial charge in [-0.25, -0.2) is 9.59 Å². The second kappa shape index (κ2) is 6.72. The van der Waals surface area contributed by atoms with Gasteiger partial charge in [0.2, 0.25) is 5.96 Å². The number of nitrogens with one attached hydrogen (secondary N) is 1. The lowest BCUT2D eigenvalue weighted by molar-refractivity contribution is 0.0602. The van der Waals surface area contributed by atoms with Crippen LogP contribution in [0.3, 0.4) is 0 Å². The normalized spacial score (nSPS) is 23.5. The van der Waals surface area contributed by atoms with Crippen molar-refractivity contribution in [3.63, 3.8) is 0 Å². The van der Waals surface area contributed by atoms with Gasteiger partial charge in [0, 0.05) is 21.8 Å². The van der Waals surface area contributed by atoms with Crippen LogP contribution >= 0.6 is 27.3 Å². The highest BCUT2D eigenvalue weighted by atomic mass is 79.9.